The summed E-state index contributed by atoms with van der Waals surface area (Å²) in [5, 5.41) is 2.70. The van der Waals surface area contributed by atoms with Gasteiger partial charge in [0.15, 0.2) is 0 Å². The van der Waals surface area contributed by atoms with Gasteiger partial charge in [0.25, 0.3) is 0 Å². The molecule has 2 aliphatic rings. The number of carbonyl (C=O) groups excluding carboxylic acids is 1. The fourth-order valence-corrected chi connectivity index (χ4v) is 2.19. The Kier molecular flexibility index (Phi) is 2.40. The van der Waals surface area contributed by atoms with E-state index in [1.165, 1.54) is 12.8 Å². The molecular weight excluding hydrogens is 168 g/mol. The van der Waals surface area contributed by atoms with Crippen molar-refractivity contribution in [3.05, 3.63) is 0 Å². The van der Waals surface area contributed by atoms with Crippen molar-refractivity contribution in [2.75, 3.05) is 20.1 Å². The molecular formula is C9H16N2O2. The second-order valence-electron chi connectivity index (χ2n) is 3.87. The molecule has 13 heavy (non-hydrogen) atoms. The number of rotatable bonds is 1. The second kappa shape index (κ2) is 3.54. The Balaban J connectivity index is 1.94. The molecule has 0 spiro atoms. The van der Waals surface area contributed by atoms with E-state index in [1.54, 1.807) is 0 Å². The van der Waals surface area contributed by atoms with E-state index < -0.39 is 0 Å². The smallest absolute Gasteiger partial charge is 0.407 e. The standard InChI is InChI=1S/C9H16N2O2/c1-11-5-3-2-4-7(11)8-6-10-9(12)13-8/h7-8H,2-6H2,1H3,(H,10,12). The van der Waals surface area contributed by atoms with E-state index in [1.807, 2.05) is 0 Å². The predicted octanol–water partition coefficient (Wildman–Crippen LogP) is 0.579. The third-order valence-corrected chi connectivity index (χ3v) is 2.96. The number of piperidine rings is 1. The van der Waals surface area contributed by atoms with Gasteiger partial charge < -0.3 is 10.1 Å². The molecule has 74 valence electrons. The van der Waals surface area contributed by atoms with Crippen molar-refractivity contribution in [3.8, 4) is 0 Å². The van der Waals surface area contributed by atoms with Crippen molar-refractivity contribution >= 4 is 6.09 Å². The number of hydrogen-bond acceptors (Lipinski definition) is 3. The number of nitrogens with one attached hydrogen (secondary N) is 1. The minimum atomic E-state index is -0.260. The molecule has 0 radical (unpaired) electrons. The molecule has 2 atom stereocenters. The van der Waals surface area contributed by atoms with Crippen LogP contribution in [0.1, 0.15) is 19.3 Å². The van der Waals surface area contributed by atoms with E-state index in [-0.39, 0.29) is 12.2 Å². The van der Waals surface area contributed by atoms with Gasteiger partial charge in [-0.25, -0.2) is 4.79 Å². The van der Waals surface area contributed by atoms with Gasteiger partial charge in [-0.1, -0.05) is 6.42 Å². The van der Waals surface area contributed by atoms with Crippen LogP contribution >= 0.6 is 0 Å². The van der Waals surface area contributed by atoms with E-state index in [2.05, 4.69) is 17.3 Å². The van der Waals surface area contributed by atoms with Gasteiger partial charge in [-0.3, -0.25) is 4.90 Å². The van der Waals surface area contributed by atoms with Gasteiger partial charge >= 0.3 is 6.09 Å². The molecule has 2 saturated heterocycles. The van der Waals surface area contributed by atoms with Crippen LogP contribution in [0.25, 0.3) is 0 Å². The van der Waals surface area contributed by atoms with E-state index in [9.17, 15) is 4.79 Å². The molecule has 4 nitrogen and oxygen atoms in total. The number of carbonyl (C=O) groups is 1. The first kappa shape index (κ1) is 8.81. The van der Waals surface area contributed by atoms with Crippen LogP contribution in [0, 0.1) is 0 Å². The lowest BCUT2D eigenvalue weighted by atomic mass is 9.98. The molecule has 4 heteroatoms. The Labute approximate surface area is 78.2 Å². The van der Waals surface area contributed by atoms with E-state index >= 15 is 0 Å². The number of nitrogens with zero attached hydrogens (tertiary/aromatic N) is 1. The Hall–Kier alpha value is -0.770. The van der Waals surface area contributed by atoms with Crippen molar-refractivity contribution in [2.24, 2.45) is 0 Å². The summed E-state index contributed by atoms with van der Waals surface area (Å²) in [6, 6.07) is 0.424. The average molecular weight is 184 g/mol. The van der Waals surface area contributed by atoms with Crippen LogP contribution in [0.15, 0.2) is 0 Å². The highest BCUT2D eigenvalue weighted by molar-refractivity contribution is 5.69. The Bertz CT molecular complexity index is 208. The molecule has 2 heterocycles. The van der Waals surface area contributed by atoms with E-state index in [4.69, 9.17) is 4.74 Å². The molecule has 0 bridgehead atoms. The van der Waals surface area contributed by atoms with Crippen LogP contribution in [0.4, 0.5) is 4.79 Å². The third-order valence-electron chi connectivity index (χ3n) is 2.96. The number of alkyl carbamates (subject to hydrolysis) is 1. The summed E-state index contributed by atoms with van der Waals surface area (Å²) >= 11 is 0. The molecule has 0 aromatic carbocycles. The van der Waals surface area contributed by atoms with Gasteiger partial charge in [0.2, 0.25) is 0 Å². The van der Waals surface area contributed by atoms with Crippen LogP contribution in [-0.2, 0) is 4.74 Å². The van der Waals surface area contributed by atoms with Gasteiger partial charge in [0, 0.05) is 6.04 Å². The van der Waals surface area contributed by atoms with Gasteiger partial charge in [-0.05, 0) is 26.4 Å². The second-order valence-corrected chi connectivity index (χ2v) is 3.87. The van der Waals surface area contributed by atoms with Crippen molar-refractivity contribution in [3.63, 3.8) is 0 Å². The molecule has 1 amide bonds. The highest BCUT2D eigenvalue weighted by atomic mass is 16.6. The number of hydrogen-bond donors (Lipinski definition) is 1. The molecule has 2 unspecified atom stereocenters. The van der Waals surface area contributed by atoms with Gasteiger partial charge in [0.1, 0.15) is 6.10 Å². The number of ether oxygens (including phenoxy) is 1. The summed E-state index contributed by atoms with van der Waals surface area (Å²) in [5.74, 6) is 0. The summed E-state index contributed by atoms with van der Waals surface area (Å²) < 4.78 is 5.18. The Morgan fingerprint density at radius 1 is 1.54 bits per heavy atom. The molecule has 2 fully saturated rings. The summed E-state index contributed by atoms with van der Waals surface area (Å²) in [5.41, 5.74) is 0. The first-order valence-corrected chi connectivity index (χ1v) is 4.92. The Morgan fingerprint density at radius 2 is 2.38 bits per heavy atom. The molecule has 0 aromatic heterocycles. The molecule has 0 aromatic rings. The summed E-state index contributed by atoms with van der Waals surface area (Å²) in [7, 11) is 2.11. The predicted molar refractivity (Wildman–Crippen MR) is 48.5 cm³/mol. The number of likely N-dealkylation sites (tertiary alicyclic amines) is 1. The largest absolute Gasteiger partial charge is 0.443 e. The number of amides is 1. The highest BCUT2D eigenvalue weighted by Crippen LogP contribution is 2.21. The summed E-state index contributed by atoms with van der Waals surface area (Å²) in [6.45, 7) is 1.80. The topological polar surface area (TPSA) is 41.6 Å². The van der Waals surface area contributed by atoms with Crippen LogP contribution in [0.2, 0.25) is 0 Å². The van der Waals surface area contributed by atoms with Crippen molar-refractivity contribution < 1.29 is 9.53 Å². The zero-order chi connectivity index (χ0) is 9.26. The lowest BCUT2D eigenvalue weighted by Gasteiger charge is -2.34. The maximum Gasteiger partial charge on any atom is 0.407 e. The van der Waals surface area contributed by atoms with Crippen molar-refractivity contribution in [2.45, 2.75) is 31.4 Å². The van der Waals surface area contributed by atoms with Crippen LogP contribution in [-0.4, -0.2) is 43.3 Å². The molecule has 2 rings (SSSR count). The molecule has 2 aliphatic heterocycles. The fraction of sp³-hybridized carbons (Fsp3) is 0.889. The molecule has 0 aliphatic carbocycles. The number of likely N-dealkylation sites (N-methyl/N-ethyl adjacent to an activating group) is 1. The summed E-state index contributed by atoms with van der Waals surface area (Å²) in [6.07, 6.45) is 3.47. The quantitative estimate of drug-likeness (QED) is 0.648. The minimum Gasteiger partial charge on any atom is -0.443 e. The normalized spacial score (nSPS) is 35.6. The van der Waals surface area contributed by atoms with Crippen LogP contribution in [0.3, 0.4) is 0 Å². The highest BCUT2D eigenvalue weighted by Gasteiger charge is 2.34. The lowest BCUT2D eigenvalue weighted by Crippen LogP contribution is -2.45. The van der Waals surface area contributed by atoms with E-state index in [0.29, 0.717) is 12.6 Å². The molecule has 0 saturated carbocycles. The molecule has 1 N–H and O–H groups in total. The number of cyclic esters (lactones) is 1. The van der Waals surface area contributed by atoms with E-state index in [0.717, 1.165) is 13.0 Å². The monoisotopic (exact) mass is 184 g/mol. The van der Waals surface area contributed by atoms with Crippen LogP contribution in [0.5, 0.6) is 0 Å². The van der Waals surface area contributed by atoms with Gasteiger partial charge in [-0.2, -0.15) is 0 Å². The lowest BCUT2D eigenvalue weighted by molar-refractivity contribution is 0.0517. The van der Waals surface area contributed by atoms with Crippen molar-refractivity contribution in [1.29, 1.82) is 0 Å². The SMILES string of the molecule is CN1CCCCC1C1CNC(=O)O1. The average Bonchev–Trinajstić information content (AvgIpc) is 2.53. The first-order valence-electron chi connectivity index (χ1n) is 4.92. The van der Waals surface area contributed by atoms with Crippen molar-refractivity contribution in [1.82, 2.24) is 10.2 Å². The zero-order valence-corrected chi connectivity index (χ0v) is 7.95. The van der Waals surface area contributed by atoms with Crippen LogP contribution < -0.4 is 5.32 Å². The van der Waals surface area contributed by atoms with Gasteiger partial charge in [-0.15, -0.1) is 0 Å². The van der Waals surface area contributed by atoms with Gasteiger partial charge in [0.05, 0.1) is 6.54 Å². The zero-order valence-electron chi connectivity index (χ0n) is 7.95. The fourth-order valence-electron chi connectivity index (χ4n) is 2.19. The summed E-state index contributed by atoms with van der Waals surface area (Å²) in [4.78, 5) is 13.2. The minimum absolute atomic E-state index is 0.0674. The third kappa shape index (κ3) is 1.77. The first-order chi connectivity index (χ1) is 6.27. The Morgan fingerprint density at radius 3 is 3.00 bits per heavy atom. The maximum absolute atomic E-state index is 10.9. The maximum atomic E-state index is 10.9.